The summed E-state index contributed by atoms with van der Waals surface area (Å²) in [5.41, 5.74) is 0.948. The van der Waals surface area contributed by atoms with Crippen molar-refractivity contribution in [2.24, 2.45) is 7.05 Å². The summed E-state index contributed by atoms with van der Waals surface area (Å²) >= 11 is 0. The van der Waals surface area contributed by atoms with Crippen LogP contribution >= 0.6 is 0 Å². The molecule has 0 N–H and O–H groups in total. The lowest BCUT2D eigenvalue weighted by Gasteiger charge is -2.34. The maximum Gasteiger partial charge on any atom is 0.229 e. The Morgan fingerprint density at radius 1 is 1.24 bits per heavy atom. The molecule has 3 aliphatic rings. The molecule has 1 aromatic rings. The molecule has 3 aliphatic heterocycles. The Morgan fingerprint density at radius 2 is 2.05 bits per heavy atom. The van der Waals surface area contributed by atoms with Gasteiger partial charge in [0.15, 0.2) is 0 Å². The second kappa shape index (κ2) is 5.10. The normalized spacial score (nSPS) is 31.1. The number of carbonyl (C=O) groups excluding carboxylic acids is 1. The van der Waals surface area contributed by atoms with Gasteiger partial charge < -0.3 is 9.64 Å². The molecule has 3 fully saturated rings. The van der Waals surface area contributed by atoms with E-state index in [4.69, 9.17) is 4.74 Å². The van der Waals surface area contributed by atoms with Crippen molar-refractivity contribution in [1.29, 1.82) is 0 Å². The van der Waals surface area contributed by atoms with E-state index < -0.39 is 0 Å². The molecule has 1 amide bonds. The molecule has 6 nitrogen and oxygen atoms in total. The highest BCUT2D eigenvalue weighted by molar-refractivity contribution is 5.97. The second-order valence-corrected chi connectivity index (χ2v) is 6.34. The Morgan fingerprint density at radius 3 is 2.76 bits per heavy atom. The van der Waals surface area contributed by atoms with Crippen LogP contribution in [0, 0.1) is 0 Å². The second-order valence-electron chi connectivity index (χ2n) is 6.34. The molecule has 4 heterocycles. The van der Waals surface area contributed by atoms with Crippen LogP contribution in [0.3, 0.4) is 0 Å². The first-order chi connectivity index (χ1) is 10.2. The minimum Gasteiger partial charge on any atom is -0.381 e. The first-order valence-electron chi connectivity index (χ1n) is 7.88. The molecule has 0 radical (unpaired) electrons. The van der Waals surface area contributed by atoms with Gasteiger partial charge in [-0.25, -0.2) is 0 Å². The molecule has 0 saturated carbocycles. The third-order valence-electron chi connectivity index (χ3n) is 5.17. The van der Waals surface area contributed by atoms with Crippen molar-refractivity contribution in [2.45, 2.75) is 43.8 Å². The van der Waals surface area contributed by atoms with E-state index in [9.17, 15) is 4.79 Å². The first-order valence-corrected chi connectivity index (χ1v) is 7.88. The molecule has 114 valence electrons. The van der Waals surface area contributed by atoms with E-state index in [0.717, 1.165) is 44.7 Å². The third-order valence-corrected chi connectivity index (χ3v) is 5.17. The van der Waals surface area contributed by atoms with Crippen LogP contribution in [0.5, 0.6) is 0 Å². The highest BCUT2D eigenvalue weighted by Crippen LogP contribution is 2.38. The molecule has 0 aliphatic carbocycles. The van der Waals surface area contributed by atoms with Crippen LogP contribution in [0.1, 0.15) is 25.7 Å². The summed E-state index contributed by atoms with van der Waals surface area (Å²) in [6.07, 6.45) is 7.67. The summed E-state index contributed by atoms with van der Waals surface area (Å²) in [5, 5.41) is 4.21. The van der Waals surface area contributed by atoms with E-state index in [1.54, 1.807) is 10.9 Å². The van der Waals surface area contributed by atoms with Gasteiger partial charge in [-0.1, -0.05) is 0 Å². The lowest BCUT2D eigenvalue weighted by Crippen LogP contribution is -2.44. The van der Waals surface area contributed by atoms with Crippen molar-refractivity contribution >= 4 is 11.6 Å². The number of anilines is 1. The van der Waals surface area contributed by atoms with Crippen LogP contribution in [0.2, 0.25) is 0 Å². The molecule has 4 rings (SSSR count). The van der Waals surface area contributed by atoms with Crippen molar-refractivity contribution in [1.82, 2.24) is 14.7 Å². The number of ether oxygens (including phenoxy) is 1. The van der Waals surface area contributed by atoms with Crippen LogP contribution in [-0.4, -0.2) is 58.5 Å². The summed E-state index contributed by atoms with van der Waals surface area (Å²) < 4.78 is 7.23. The molecule has 0 spiro atoms. The van der Waals surface area contributed by atoms with E-state index >= 15 is 0 Å². The molecule has 6 heteroatoms. The molecule has 0 aromatic carbocycles. The van der Waals surface area contributed by atoms with Crippen molar-refractivity contribution in [3.63, 3.8) is 0 Å². The lowest BCUT2D eigenvalue weighted by atomic mass is 10.0. The van der Waals surface area contributed by atoms with Gasteiger partial charge in [-0.05, 0) is 19.3 Å². The summed E-state index contributed by atoms with van der Waals surface area (Å²) in [6.45, 7) is 2.82. The van der Waals surface area contributed by atoms with Gasteiger partial charge in [0.2, 0.25) is 5.91 Å². The predicted molar refractivity (Wildman–Crippen MR) is 78.1 cm³/mol. The average Bonchev–Trinajstić information content (AvgIpc) is 3.15. The fourth-order valence-electron chi connectivity index (χ4n) is 4.22. The van der Waals surface area contributed by atoms with Crippen LogP contribution in [0.25, 0.3) is 0 Å². The monoisotopic (exact) mass is 290 g/mol. The Bertz CT molecular complexity index is 538. The van der Waals surface area contributed by atoms with Gasteiger partial charge in [-0.15, -0.1) is 0 Å². The predicted octanol–water partition coefficient (Wildman–Crippen LogP) is 0.779. The van der Waals surface area contributed by atoms with Gasteiger partial charge in [-0.3, -0.25) is 14.4 Å². The van der Waals surface area contributed by atoms with E-state index in [1.807, 2.05) is 18.1 Å². The van der Waals surface area contributed by atoms with Crippen molar-refractivity contribution in [2.75, 3.05) is 24.7 Å². The fraction of sp³-hybridized carbons (Fsp3) is 0.733. The Kier molecular flexibility index (Phi) is 3.23. The zero-order valence-electron chi connectivity index (χ0n) is 12.4. The SMILES string of the molecule is Cn1cc(N2C(=O)C[C@H]3[C@H]2CCN3C2CCOCC2)cn1. The summed E-state index contributed by atoms with van der Waals surface area (Å²) in [6, 6.07) is 1.29. The molecule has 2 atom stereocenters. The zero-order chi connectivity index (χ0) is 14.4. The smallest absolute Gasteiger partial charge is 0.229 e. The number of fused-ring (bicyclic) bond motifs is 1. The third kappa shape index (κ3) is 2.17. The van der Waals surface area contributed by atoms with Crippen LogP contribution in [0.15, 0.2) is 12.4 Å². The molecular weight excluding hydrogens is 268 g/mol. The van der Waals surface area contributed by atoms with Crippen molar-refractivity contribution in [3.8, 4) is 0 Å². The lowest BCUT2D eigenvalue weighted by molar-refractivity contribution is -0.117. The van der Waals surface area contributed by atoms with E-state index in [2.05, 4.69) is 10.00 Å². The molecule has 3 saturated heterocycles. The molecular formula is C15H22N4O2. The van der Waals surface area contributed by atoms with Crippen molar-refractivity contribution < 1.29 is 9.53 Å². The fourth-order valence-corrected chi connectivity index (χ4v) is 4.22. The number of hydrogen-bond acceptors (Lipinski definition) is 4. The highest BCUT2D eigenvalue weighted by atomic mass is 16.5. The number of aryl methyl sites for hydroxylation is 1. The number of nitrogens with zero attached hydrogens (tertiary/aromatic N) is 4. The first kappa shape index (κ1) is 13.3. The van der Waals surface area contributed by atoms with Gasteiger partial charge in [0, 0.05) is 51.5 Å². The number of rotatable bonds is 2. The van der Waals surface area contributed by atoms with Gasteiger partial charge >= 0.3 is 0 Å². The maximum absolute atomic E-state index is 12.5. The van der Waals surface area contributed by atoms with Gasteiger partial charge in [0.05, 0.1) is 17.9 Å². The Hall–Kier alpha value is -1.40. The molecule has 0 unspecified atom stereocenters. The largest absolute Gasteiger partial charge is 0.381 e. The topological polar surface area (TPSA) is 50.6 Å². The summed E-state index contributed by atoms with van der Waals surface area (Å²) in [4.78, 5) is 17.0. The van der Waals surface area contributed by atoms with E-state index in [1.165, 1.54) is 0 Å². The summed E-state index contributed by atoms with van der Waals surface area (Å²) in [7, 11) is 1.89. The van der Waals surface area contributed by atoms with Crippen LogP contribution in [-0.2, 0) is 16.6 Å². The Labute approximate surface area is 124 Å². The average molecular weight is 290 g/mol. The van der Waals surface area contributed by atoms with Gasteiger partial charge in [0.25, 0.3) is 0 Å². The van der Waals surface area contributed by atoms with E-state index in [-0.39, 0.29) is 5.91 Å². The minimum atomic E-state index is 0.245. The van der Waals surface area contributed by atoms with Crippen molar-refractivity contribution in [3.05, 3.63) is 12.4 Å². The van der Waals surface area contributed by atoms with Gasteiger partial charge in [-0.2, -0.15) is 5.10 Å². The molecule has 0 bridgehead atoms. The standard InChI is InChI=1S/C15H22N4O2/c1-17-10-12(9-16-17)19-13-2-5-18(14(13)8-15(19)20)11-3-6-21-7-4-11/h9-11,13-14H,2-8H2,1H3/t13-,14+/m1/s1. The maximum atomic E-state index is 12.5. The van der Waals surface area contributed by atoms with Crippen LogP contribution < -0.4 is 4.90 Å². The zero-order valence-corrected chi connectivity index (χ0v) is 12.4. The summed E-state index contributed by atoms with van der Waals surface area (Å²) in [5.74, 6) is 0.245. The number of hydrogen-bond donors (Lipinski definition) is 0. The van der Waals surface area contributed by atoms with Crippen LogP contribution in [0.4, 0.5) is 5.69 Å². The highest BCUT2D eigenvalue weighted by Gasteiger charge is 2.49. The van der Waals surface area contributed by atoms with E-state index in [0.29, 0.717) is 24.5 Å². The number of likely N-dealkylation sites (tertiary alicyclic amines) is 1. The Balaban J connectivity index is 1.55. The number of carbonyl (C=O) groups is 1. The quantitative estimate of drug-likeness (QED) is 0.807. The molecule has 1 aromatic heterocycles. The molecule has 21 heavy (non-hydrogen) atoms. The van der Waals surface area contributed by atoms with Gasteiger partial charge in [0.1, 0.15) is 0 Å². The minimum absolute atomic E-state index is 0.245. The number of aromatic nitrogens is 2. The number of amides is 1.